The van der Waals surface area contributed by atoms with E-state index >= 15 is 0 Å². The van der Waals surface area contributed by atoms with Gasteiger partial charge in [0.25, 0.3) is 0 Å². The fraction of sp³-hybridized carbons (Fsp3) is 0. The van der Waals surface area contributed by atoms with Gasteiger partial charge in [-0.3, -0.25) is 9.59 Å². The van der Waals surface area contributed by atoms with Crippen molar-refractivity contribution in [2.24, 2.45) is 11.5 Å². The zero-order chi connectivity index (χ0) is 18.0. The predicted octanol–water partition coefficient (Wildman–Crippen LogP) is 3.94. The molecule has 0 unspecified atom stereocenters. The standard InChI is InChI=1S/C22H14N2O2/c23-21(25)17-9-8-16-12-4-2-6-14-18(22(24)26)10-7-15(20(12)14)11-3-1-5-13(17)19(11)16/h1-10H,(H2,23,25)(H2,24,26). The van der Waals surface area contributed by atoms with E-state index in [2.05, 4.69) is 0 Å². The number of benzene rings is 5. The Kier molecular flexibility index (Phi) is 2.78. The van der Waals surface area contributed by atoms with Crippen LogP contribution in [-0.4, -0.2) is 11.8 Å². The molecule has 0 atom stereocenters. The Morgan fingerprint density at radius 1 is 0.500 bits per heavy atom. The van der Waals surface area contributed by atoms with Gasteiger partial charge >= 0.3 is 0 Å². The fourth-order valence-electron chi connectivity index (χ4n) is 4.14. The average Bonchev–Trinajstić information content (AvgIpc) is 2.64. The number of primary amides is 2. The molecule has 0 heterocycles. The summed E-state index contributed by atoms with van der Waals surface area (Å²) in [5.74, 6) is -0.886. The number of hydrogen-bond acceptors (Lipinski definition) is 2. The van der Waals surface area contributed by atoms with Crippen molar-refractivity contribution in [3.8, 4) is 0 Å². The summed E-state index contributed by atoms with van der Waals surface area (Å²) in [7, 11) is 0. The zero-order valence-electron chi connectivity index (χ0n) is 13.7. The molecule has 5 aromatic rings. The van der Waals surface area contributed by atoms with Gasteiger partial charge in [-0.2, -0.15) is 0 Å². The monoisotopic (exact) mass is 338 g/mol. The first kappa shape index (κ1) is 14.7. The van der Waals surface area contributed by atoms with E-state index in [1.165, 1.54) is 0 Å². The number of nitrogens with two attached hydrogens (primary N) is 2. The van der Waals surface area contributed by atoms with Crippen molar-refractivity contribution in [2.45, 2.75) is 0 Å². The number of amides is 2. The quantitative estimate of drug-likeness (QED) is 0.377. The molecule has 0 spiro atoms. The van der Waals surface area contributed by atoms with Crippen LogP contribution in [0.4, 0.5) is 0 Å². The van der Waals surface area contributed by atoms with Crippen LogP contribution in [-0.2, 0) is 0 Å². The van der Waals surface area contributed by atoms with E-state index in [0.29, 0.717) is 11.1 Å². The second kappa shape index (κ2) is 4.92. The third kappa shape index (κ3) is 1.73. The topological polar surface area (TPSA) is 86.2 Å². The molecule has 5 aromatic carbocycles. The molecule has 0 aliphatic carbocycles. The lowest BCUT2D eigenvalue weighted by Gasteiger charge is -2.16. The van der Waals surface area contributed by atoms with Crippen LogP contribution >= 0.6 is 0 Å². The van der Waals surface area contributed by atoms with Crippen molar-refractivity contribution in [1.29, 1.82) is 0 Å². The molecule has 0 radical (unpaired) electrons. The Hall–Kier alpha value is -3.66. The Morgan fingerprint density at radius 2 is 0.846 bits per heavy atom. The SMILES string of the molecule is NC(=O)c1ccc2c3cccc4c(C(N)=O)ccc(c5cccc1c52)c43. The number of rotatable bonds is 2. The first-order chi connectivity index (χ1) is 12.6. The second-order valence-corrected chi connectivity index (χ2v) is 6.51. The maximum atomic E-state index is 11.9. The largest absolute Gasteiger partial charge is 0.366 e. The summed E-state index contributed by atoms with van der Waals surface area (Å²) in [6.45, 7) is 0. The molecule has 4 heteroatoms. The number of carbonyl (C=O) groups is 2. The van der Waals surface area contributed by atoms with Crippen LogP contribution in [0.5, 0.6) is 0 Å². The first-order valence-corrected chi connectivity index (χ1v) is 8.29. The highest BCUT2D eigenvalue weighted by Crippen LogP contribution is 2.41. The van der Waals surface area contributed by atoms with Crippen LogP contribution in [0.1, 0.15) is 20.7 Å². The van der Waals surface area contributed by atoms with Crippen molar-refractivity contribution >= 4 is 54.9 Å². The van der Waals surface area contributed by atoms with E-state index in [0.717, 1.165) is 43.1 Å². The molecule has 4 N–H and O–H groups in total. The minimum absolute atomic E-state index is 0.443. The maximum Gasteiger partial charge on any atom is 0.249 e. The molecule has 0 saturated heterocycles. The van der Waals surface area contributed by atoms with Gasteiger partial charge in [-0.15, -0.1) is 0 Å². The Morgan fingerprint density at radius 3 is 1.23 bits per heavy atom. The van der Waals surface area contributed by atoms with E-state index in [1.807, 2.05) is 48.5 Å². The molecule has 26 heavy (non-hydrogen) atoms. The van der Waals surface area contributed by atoms with Crippen molar-refractivity contribution in [2.75, 3.05) is 0 Å². The van der Waals surface area contributed by atoms with E-state index in [1.54, 1.807) is 12.1 Å². The minimum Gasteiger partial charge on any atom is -0.366 e. The molecule has 0 aliphatic heterocycles. The summed E-state index contributed by atoms with van der Waals surface area (Å²) < 4.78 is 0. The number of fused-ring (bicyclic) bond motifs is 2. The molecule has 0 saturated carbocycles. The Balaban J connectivity index is 2.15. The summed E-state index contributed by atoms with van der Waals surface area (Å²) in [6, 6.07) is 19.2. The van der Waals surface area contributed by atoms with Crippen LogP contribution in [0.15, 0.2) is 60.7 Å². The number of carbonyl (C=O) groups excluding carboxylic acids is 2. The van der Waals surface area contributed by atoms with Gasteiger partial charge in [0.2, 0.25) is 11.8 Å². The predicted molar refractivity (Wildman–Crippen MR) is 105 cm³/mol. The molecule has 0 aromatic heterocycles. The lowest BCUT2D eigenvalue weighted by Crippen LogP contribution is -2.12. The Bertz CT molecular complexity index is 1260. The van der Waals surface area contributed by atoms with Gasteiger partial charge in [0.05, 0.1) is 0 Å². The highest BCUT2D eigenvalue weighted by molar-refractivity contribution is 6.35. The average molecular weight is 338 g/mol. The highest BCUT2D eigenvalue weighted by atomic mass is 16.1. The van der Waals surface area contributed by atoms with Crippen LogP contribution in [0.25, 0.3) is 43.1 Å². The van der Waals surface area contributed by atoms with Gasteiger partial charge in [-0.25, -0.2) is 0 Å². The number of hydrogen-bond donors (Lipinski definition) is 2. The zero-order valence-corrected chi connectivity index (χ0v) is 13.7. The molecule has 0 aliphatic rings. The smallest absolute Gasteiger partial charge is 0.249 e. The first-order valence-electron chi connectivity index (χ1n) is 8.29. The molecule has 2 amide bonds. The molecule has 4 nitrogen and oxygen atoms in total. The molecular formula is C22H14N2O2. The summed E-state index contributed by atoms with van der Waals surface area (Å²) in [4.78, 5) is 23.7. The van der Waals surface area contributed by atoms with E-state index in [4.69, 9.17) is 11.5 Å². The van der Waals surface area contributed by atoms with Gasteiger partial charge in [0.15, 0.2) is 0 Å². The summed E-state index contributed by atoms with van der Waals surface area (Å²) in [5, 5.41) is 7.82. The fourth-order valence-corrected chi connectivity index (χ4v) is 4.14. The van der Waals surface area contributed by atoms with E-state index < -0.39 is 11.8 Å². The lowest BCUT2D eigenvalue weighted by molar-refractivity contribution is 0.0993. The van der Waals surface area contributed by atoms with Crippen LogP contribution in [0.2, 0.25) is 0 Å². The van der Waals surface area contributed by atoms with Gasteiger partial charge in [-0.1, -0.05) is 48.5 Å². The third-order valence-corrected chi connectivity index (χ3v) is 5.19. The summed E-state index contributed by atoms with van der Waals surface area (Å²) >= 11 is 0. The molecular weight excluding hydrogens is 324 g/mol. The highest BCUT2D eigenvalue weighted by Gasteiger charge is 2.18. The van der Waals surface area contributed by atoms with Crippen LogP contribution in [0, 0.1) is 0 Å². The van der Waals surface area contributed by atoms with E-state index in [-0.39, 0.29) is 0 Å². The molecule has 5 rings (SSSR count). The minimum atomic E-state index is -0.443. The van der Waals surface area contributed by atoms with Crippen LogP contribution < -0.4 is 11.5 Å². The van der Waals surface area contributed by atoms with Gasteiger partial charge in [0.1, 0.15) is 0 Å². The van der Waals surface area contributed by atoms with E-state index in [9.17, 15) is 9.59 Å². The van der Waals surface area contributed by atoms with Crippen molar-refractivity contribution < 1.29 is 9.59 Å². The van der Waals surface area contributed by atoms with Crippen molar-refractivity contribution in [1.82, 2.24) is 0 Å². The molecule has 0 bridgehead atoms. The van der Waals surface area contributed by atoms with Gasteiger partial charge in [-0.05, 0) is 55.2 Å². The van der Waals surface area contributed by atoms with Gasteiger partial charge in [0, 0.05) is 11.1 Å². The molecule has 124 valence electrons. The maximum absolute atomic E-state index is 11.9. The summed E-state index contributed by atoms with van der Waals surface area (Å²) in [6.07, 6.45) is 0. The van der Waals surface area contributed by atoms with Crippen LogP contribution in [0.3, 0.4) is 0 Å². The third-order valence-electron chi connectivity index (χ3n) is 5.19. The Labute approximate surface area is 148 Å². The van der Waals surface area contributed by atoms with Crippen molar-refractivity contribution in [3.05, 3.63) is 71.8 Å². The molecule has 0 fully saturated rings. The van der Waals surface area contributed by atoms with Crippen molar-refractivity contribution in [3.63, 3.8) is 0 Å². The second-order valence-electron chi connectivity index (χ2n) is 6.51. The summed E-state index contributed by atoms with van der Waals surface area (Å²) in [5.41, 5.74) is 12.2. The van der Waals surface area contributed by atoms with Gasteiger partial charge < -0.3 is 11.5 Å². The normalized spacial score (nSPS) is 11.7. The lowest BCUT2D eigenvalue weighted by atomic mass is 9.87.